The molecule has 0 radical (unpaired) electrons. The van der Waals surface area contributed by atoms with Gasteiger partial charge in [0, 0.05) is 17.9 Å². The topological polar surface area (TPSA) is 70.2 Å². The Hall–Kier alpha value is -2.47. The van der Waals surface area contributed by atoms with Gasteiger partial charge < -0.3 is 15.5 Å². The second-order valence-electron chi connectivity index (χ2n) is 6.55. The van der Waals surface area contributed by atoms with Crippen LogP contribution in [0.2, 0.25) is 0 Å². The van der Waals surface area contributed by atoms with Gasteiger partial charge in [0.05, 0.1) is 0 Å². The summed E-state index contributed by atoms with van der Waals surface area (Å²) in [5, 5.41) is 6.09. The Kier molecular flexibility index (Phi) is 6.47. The molecule has 0 aliphatic rings. The quantitative estimate of drug-likeness (QED) is 0.758. The van der Waals surface area contributed by atoms with Crippen molar-refractivity contribution in [2.75, 3.05) is 32.5 Å². The number of aromatic nitrogens is 2. The van der Waals surface area contributed by atoms with Crippen molar-refractivity contribution in [3.05, 3.63) is 46.8 Å². The summed E-state index contributed by atoms with van der Waals surface area (Å²) in [6, 6.07) is 7.77. The highest BCUT2D eigenvalue weighted by Crippen LogP contribution is 2.18. The molecule has 0 saturated heterocycles. The number of hydrogen-bond acceptors (Lipinski definition) is 5. The molecule has 0 fully saturated rings. The zero-order valence-corrected chi connectivity index (χ0v) is 15.7. The molecule has 134 valence electrons. The van der Waals surface area contributed by atoms with E-state index in [1.54, 1.807) is 6.07 Å². The smallest absolute Gasteiger partial charge is 0.270 e. The maximum atomic E-state index is 12.3. The number of nitrogens with one attached hydrogen (secondary N) is 2. The molecule has 6 heteroatoms. The SMILES string of the molecule is Cc1cc(C(=O)NCCCN(C)C)nc(Nc2ccc(C)c(C)c2)n1. The number of nitrogens with zero attached hydrogens (tertiary/aromatic N) is 3. The van der Waals surface area contributed by atoms with Gasteiger partial charge in [-0.2, -0.15) is 0 Å². The summed E-state index contributed by atoms with van der Waals surface area (Å²) in [6.07, 6.45) is 0.899. The molecule has 25 heavy (non-hydrogen) atoms. The van der Waals surface area contributed by atoms with Gasteiger partial charge in [-0.25, -0.2) is 9.97 Å². The van der Waals surface area contributed by atoms with Gasteiger partial charge in [0.15, 0.2) is 0 Å². The van der Waals surface area contributed by atoms with E-state index in [1.165, 1.54) is 11.1 Å². The van der Waals surface area contributed by atoms with Gasteiger partial charge in [0.25, 0.3) is 5.91 Å². The molecule has 2 aromatic rings. The normalized spacial score (nSPS) is 10.8. The summed E-state index contributed by atoms with van der Waals surface area (Å²) >= 11 is 0. The van der Waals surface area contributed by atoms with E-state index < -0.39 is 0 Å². The molecule has 1 heterocycles. The van der Waals surface area contributed by atoms with Crippen LogP contribution in [0.5, 0.6) is 0 Å². The van der Waals surface area contributed by atoms with Gasteiger partial charge in [-0.15, -0.1) is 0 Å². The fourth-order valence-corrected chi connectivity index (χ4v) is 2.38. The number of amides is 1. The highest BCUT2D eigenvalue weighted by atomic mass is 16.1. The Morgan fingerprint density at radius 3 is 2.52 bits per heavy atom. The summed E-state index contributed by atoms with van der Waals surface area (Å²) < 4.78 is 0. The van der Waals surface area contributed by atoms with Crippen molar-refractivity contribution in [3.63, 3.8) is 0 Å². The van der Waals surface area contributed by atoms with Gasteiger partial charge in [-0.3, -0.25) is 4.79 Å². The van der Waals surface area contributed by atoms with Crippen molar-refractivity contribution in [2.24, 2.45) is 0 Å². The molecule has 0 spiro atoms. The molecule has 0 aliphatic carbocycles. The van der Waals surface area contributed by atoms with E-state index in [1.807, 2.05) is 39.2 Å². The molecule has 1 aromatic heterocycles. The molecule has 0 unspecified atom stereocenters. The monoisotopic (exact) mass is 341 g/mol. The van der Waals surface area contributed by atoms with Crippen LogP contribution < -0.4 is 10.6 Å². The number of benzene rings is 1. The third-order valence-electron chi connectivity index (χ3n) is 3.92. The molecular weight excluding hydrogens is 314 g/mol. The summed E-state index contributed by atoms with van der Waals surface area (Å²) in [6.45, 7) is 7.55. The van der Waals surface area contributed by atoms with Crippen LogP contribution in [0, 0.1) is 20.8 Å². The first-order valence-corrected chi connectivity index (χ1v) is 8.48. The molecule has 0 bridgehead atoms. The lowest BCUT2D eigenvalue weighted by Gasteiger charge is -2.11. The lowest BCUT2D eigenvalue weighted by molar-refractivity contribution is 0.0947. The Balaban J connectivity index is 2.06. The van der Waals surface area contributed by atoms with Crippen LogP contribution in [0.25, 0.3) is 0 Å². The van der Waals surface area contributed by atoms with Gasteiger partial charge in [-0.1, -0.05) is 6.07 Å². The average Bonchev–Trinajstić information content (AvgIpc) is 2.54. The number of aryl methyl sites for hydroxylation is 3. The lowest BCUT2D eigenvalue weighted by atomic mass is 10.1. The zero-order valence-electron chi connectivity index (χ0n) is 15.7. The number of anilines is 2. The Labute approximate surface area is 149 Å². The fourth-order valence-electron chi connectivity index (χ4n) is 2.38. The van der Waals surface area contributed by atoms with Crippen molar-refractivity contribution in [1.82, 2.24) is 20.2 Å². The Morgan fingerprint density at radius 1 is 1.08 bits per heavy atom. The van der Waals surface area contributed by atoms with Crippen molar-refractivity contribution in [1.29, 1.82) is 0 Å². The van der Waals surface area contributed by atoms with Crippen LogP contribution in [-0.2, 0) is 0 Å². The summed E-state index contributed by atoms with van der Waals surface area (Å²) in [4.78, 5) is 23.1. The maximum Gasteiger partial charge on any atom is 0.270 e. The van der Waals surface area contributed by atoms with Crippen LogP contribution in [0.15, 0.2) is 24.3 Å². The van der Waals surface area contributed by atoms with E-state index >= 15 is 0 Å². The summed E-state index contributed by atoms with van der Waals surface area (Å²) in [5.41, 5.74) is 4.46. The molecule has 2 rings (SSSR count). The van der Waals surface area contributed by atoms with Gasteiger partial charge in [-0.05, 0) is 77.2 Å². The zero-order chi connectivity index (χ0) is 18.4. The molecule has 0 saturated carbocycles. The van der Waals surface area contributed by atoms with E-state index in [0.717, 1.165) is 24.3 Å². The fraction of sp³-hybridized carbons (Fsp3) is 0.421. The van der Waals surface area contributed by atoms with Crippen molar-refractivity contribution in [2.45, 2.75) is 27.2 Å². The highest BCUT2D eigenvalue weighted by Gasteiger charge is 2.10. The predicted octanol–water partition coefficient (Wildman–Crippen LogP) is 2.83. The summed E-state index contributed by atoms with van der Waals surface area (Å²) in [5.74, 6) is 0.258. The second kappa shape index (κ2) is 8.58. The molecule has 6 nitrogen and oxygen atoms in total. The van der Waals surface area contributed by atoms with Crippen molar-refractivity contribution < 1.29 is 4.79 Å². The van der Waals surface area contributed by atoms with Crippen molar-refractivity contribution >= 4 is 17.5 Å². The van der Waals surface area contributed by atoms with Crippen LogP contribution in [0.1, 0.15) is 33.7 Å². The third kappa shape index (κ3) is 5.83. The molecular formula is C19H27N5O. The van der Waals surface area contributed by atoms with E-state index in [-0.39, 0.29) is 5.91 Å². The minimum absolute atomic E-state index is 0.174. The van der Waals surface area contributed by atoms with Crippen molar-refractivity contribution in [3.8, 4) is 0 Å². The minimum Gasteiger partial charge on any atom is -0.351 e. The van der Waals surface area contributed by atoms with E-state index in [2.05, 4.69) is 39.3 Å². The first-order chi connectivity index (χ1) is 11.8. The molecule has 0 aliphatic heterocycles. The van der Waals surface area contributed by atoms with Crippen LogP contribution in [0.4, 0.5) is 11.6 Å². The van der Waals surface area contributed by atoms with Gasteiger partial charge in [0.1, 0.15) is 5.69 Å². The Bertz CT molecular complexity index is 743. The molecule has 0 atom stereocenters. The summed E-state index contributed by atoms with van der Waals surface area (Å²) in [7, 11) is 4.03. The molecule has 1 aromatic carbocycles. The molecule has 1 amide bonds. The number of hydrogen-bond donors (Lipinski definition) is 2. The average molecular weight is 341 g/mol. The first kappa shape index (κ1) is 18.9. The largest absolute Gasteiger partial charge is 0.351 e. The van der Waals surface area contributed by atoms with Crippen LogP contribution in [0.3, 0.4) is 0 Å². The van der Waals surface area contributed by atoms with E-state index in [4.69, 9.17) is 0 Å². The van der Waals surface area contributed by atoms with Gasteiger partial charge >= 0.3 is 0 Å². The first-order valence-electron chi connectivity index (χ1n) is 8.48. The lowest BCUT2D eigenvalue weighted by Crippen LogP contribution is -2.28. The predicted molar refractivity (Wildman–Crippen MR) is 101 cm³/mol. The standard InChI is InChI=1S/C19H27N5O/c1-13-7-8-16(11-14(13)2)22-19-21-15(3)12-17(23-19)18(25)20-9-6-10-24(4)5/h7-8,11-12H,6,9-10H2,1-5H3,(H,20,25)(H,21,22,23). The van der Waals surface area contributed by atoms with Gasteiger partial charge in [0.2, 0.25) is 5.95 Å². The number of rotatable bonds is 7. The highest BCUT2D eigenvalue weighted by molar-refractivity contribution is 5.92. The second-order valence-corrected chi connectivity index (χ2v) is 6.55. The molecule has 2 N–H and O–H groups in total. The Morgan fingerprint density at radius 2 is 1.84 bits per heavy atom. The van der Waals surface area contributed by atoms with E-state index in [0.29, 0.717) is 18.2 Å². The minimum atomic E-state index is -0.174. The van der Waals surface area contributed by atoms with E-state index in [9.17, 15) is 4.79 Å². The maximum absolute atomic E-state index is 12.3. The third-order valence-corrected chi connectivity index (χ3v) is 3.92. The number of carbonyl (C=O) groups is 1. The van der Waals surface area contributed by atoms with Crippen LogP contribution >= 0.6 is 0 Å². The van der Waals surface area contributed by atoms with Crippen LogP contribution in [-0.4, -0.2) is 48.0 Å². The number of carbonyl (C=O) groups excluding carboxylic acids is 1.